The van der Waals surface area contributed by atoms with Crippen LogP contribution in [0.5, 0.6) is 0 Å². The van der Waals surface area contributed by atoms with Crippen molar-refractivity contribution < 1.29 is 24.3 Å². The highest BCUT2D eigenvalue weighted by Gasteiger charge is 2.51. The molecule has 3 aromatic carbocycles. The molecule has 1 aromatic heterocycles. The maximum atomic E-state index is 14.5. The van der Waals surface area contributed by atoms with Gasteiger partial charge in [0.2, 0.25) is 17.7 Å². The fraction of sp³-hybridized carbons (Fsp3) is 0.341. The van der Waals surface area contributed by atoms with Crippen LogP contribution in [0.3, 0.4) is 0 Å². The number of piperidine rings is 1. The van der Waals surface area contributed by atoms with E-state index >= 15 is 0 Å². The minimum atomic E-state index is -0.949. The van der Waals surface area contributed by atoms with E-state index in [1.807, 2.05) is 80.7 Å². The van der Waals surface area contributed by atoms with E-state index in [9.17, 15) is 24.3 Å². The normalized spacial score (nSPS) is 18.8. The van der Waals surface area contributed by atoms with Gasteiger partial charge in [0.05, 0.1) is 11.0 Å². The van der Waals surface area contributed by atoms with Crippen molar-refractivity contribution in [2.24, 2.45) is 5.41 Å². The fourth-order valence-corrected chi connectivity index (χ4v) is 8.01. The maximum Gasteiger partial charge on any atom is 0.335 e. The van der Waals surface area contributed by atoms with Gasteiger partial charge < -0.3 is 26.0 Å². The van der Waals surface area contributed by atoms with Crippen molar-refractivity contribution >= 4 is 35.2 Å². The molecule has 1 saturated heterocycles. The number of carboxylic acid groups (broad SMARTS) is 1. The van der Waals surface area contributed by atoms with Crippen molar-refractivity contribution in [2.45, 2.75) is 57.7 Å². The van der Waals surface area contributed by atoms with Crippen LogP contribution in [0, 0.1) is 5.41 Å². The van der Waals surface area contributed by atoms with E-state index < -0.39 is 16.8 Å². The van der Waals surface area contributed by atoms with Crippen molar-refractivity contribution in [3.63, 3.8) is 0 Å². The number of aromatic carboxylic acids is 1. The number of fused-ring (bicyclic) bond motifs is 3. The Morgan fingerprint density at radius 2 is 1.67 bits per heavy atom. The molecule has 0 unspecified atom stereocenters. The number of carbonyl (C=O) groups is 4. The van der Waals surface area contributed by atoms with Crippen LogP contribution in [0.1, 0.15) is 63.5 Å². The molecule has 0 bridgehead atoms. The summed E-state index contributed by atoms with van der Waals surface area (Å²) < 4.78 is 0. The number of aromatic nitrogens is 1. The molecular formula is C41H44N6O5. The molecule has 4 N–H and O–H groups in total. The Balaban J connectivity index is 1.05. The molecule has 0 radical (unpaired) electrons. The second-order valence-electron chi connectivity index (χ2n) is 14.6. The Bertz CT molecular complexity index is 2020. The summed E-state index contributed by atoms with van der Waals surface area (Å²) in [6.45, 7) is 4.91. The predicted molar refractivity (Wildman–Crippen MR) is 198 cm³/mol. The van der Waals surface area contributed by atoms with Crippen LogP contribution in [0.2, 0.25) is 0 Å². The summed E-state index contributed by atoms with van der Waals surface area (Å²) in [7, 11) is 1.88. The second-order valence-corrected chi connectivity index (χ2v) is 14.6. The Morgan fingerprint density at radius 3 is 2.40 bits per heavy atom. The number of benzene rings is 3. The van der Waals surface area contributed by atoms with Gasteiger partial charge in [0.15, 0.2) is 0 Å². The molecule has 268 valence electrons. The molecule has 7 rings (SSSR count). The van der Waals surface area contributed by atoms with E-state index in [1.165, 1.54) is 0 Å². The number of likely N-dealkylation sites (tertiary alicyclic amines) is 1. The van der Waals surface area contributed by atoms with Gasteiger partial charge in [-0.2, -0.15) is 0 Å². The van der Waals surface area contributed by atoms with Crippen LogP contribution < -0.4 is 16.0 Å². The number of hydrogen-bond acceptors (Lipinski definition) is 7. The fourth-order valence-electron chi connectivity index (χ4n) is 8.01. The minimum absolute atomic E-state index is 0.0515. The molecule has 3 heterocycles. The Morgan fingerprint density at radius 1 is 0.942 bits per heavy atom. The van der Waals surface area contributed by atoms with Crippen LogP contribution in [0.4, 0.5) is 11.5 Å². The number of hydrogen-bond donors (Lipinski definition) is 4. The Labute approximate surface area is 303 Å². The van der Waals surface area contributed by atoms with Gasteiger partial charge in [-0.3, -0.25) is 19.3 Å². The van der Waals surface area contributed by atoms with Gasteiger partial charge in [0.1, 0.15) is 12.4 Å². The van der Waals surface area contributed by atoms with Crippen molar-refractivity contribution in [2.75, 3.05) is 37.3 Å². The largest absolute Gasteiger partial charge is 0.478 e. The summed E-state index contributed by atoms with van der Waals surface area (Å²) in [5.74, 6) is -0.727. The monoisotopic (exact) mass is 700 g/mol. The summed E-state index contributed by atoms with van der Waals surface area (Å²) in [4.78, 5) is 61.0. The van der Waals surface area contributed by atoms with Crippen molar-refractivity contribution in [1.82, 2.24) is 20.1 Å². The zero-order valence-electron chi connectivity index (χ0n) is 29.6. The van der Waals surface area contributed by atoms with E-state index in [-0.39, 0.29) is 29.8 Å². The number of nitrogens with zero attached hydrogens (tertiary/aromatic N) is 3. The molecule has 3 amide bonds. The molecule has 4 aromatic rings. The first kappa shape index (κ1) is 35.0. The molecule has 2 aliphatic heterocycles. The lowest BCUT2D eigenvalue weighted by Gasteiger charge is -2.41. The van der Waals surface area contributed by atoms with Crippen molar-refractivity contribution in [3.8, 4) is 0 Å². The van der Waals surface area contributed by atoms with Crippen LogP contribution in [-0.2, 0) is 52.3 Å². The van der Waals surface area contributed by atoms with Crippen LogP contribution in [0.15, 0.2) is 85.1 Å². The van der Waals surface area contributed by atoms with Crippen molar-refractivity contribution in [1.29, 1.82) is 0 Å². The molecule has 1 fully saturated rings. The summed E-state index contributed by atoms with van der Waals surface area (Å²) in [5.41, 5.74) is 5.59. The summed E-state index contributed by atoms with van der Waals surface area (Å²) >= 11 is 0. The van der Waals surface area contributed by atoms with Gasteiger partial charge in [-0.1, -0.05) is 55.5 Å². The highest BCUT2D eigenvalue weighted by atomic mass is 16.4. The maximum absolute atomic E-state index is 14.5. The van der Waals surface area contributed by atoms with Crippen LogP contribution in [-0.4, -0.2) is 70.3 Å². The summed E-state index contributed by atoms with van der Waals surface area (Å²) in [6, 6.07) is 24.5. The average molecular weight is 701 g/mol. The molecule has 52 heavy (non-hydrogen) atoms. The standard InChI is InChI=1S/C41H44N6O5/c1-40(15-18-46(19-16-40)24-27-9-11-28(12-10-27)37(49)50)39(52)47(25-31-7-4-3-6-30(31)23-42-2)26-35(48)44-33-14-13-29-21-41(22-32(29)20-33)34-8-5-17-43-36(34)45-38(41)51/h3-14,17,20,42H,15-16,18-19,21-26H2,1-2H3,(H,44,48)(H,49,50)(H,43,45,51)/t41-/m1/s1. The van der Waals surface area contributed by atoms with Crippen LogP contribution in [0.25, 0.3) is 0 Å². The first-order chi connectivity index (χ1) is 25.1. The summed E-state index contributed by atoms with van der Waals surface area (Å²) in [6.07, 6.45) is 4.04. The third-order valence-electron chi connectivity index (χ3n) is 11.0. The number of carbonyl (C=O) groups excluding carboxylic acids is 3. The zero-order chi connectivity index (χ0) is 36.5. The lowest BCUT2D eigenvalue weighted by molar-refractivity contribution is -0.146. The third-order valence-corrected chi connectivity index (χ3v) is 11.0. The zero-order valence-corrected chi connectivity index (χ0v) is 29.6. The Hall–Kier alpha value is -5.39. The van der Waals surface area contributed by atoms with Gasteiger partial charge in [-0.25, -0.2) is 9.78 Å². The first-order valence-corrected chi connectivity index (χ1v) is 17.8. The number of carboxylic acids is 1. The van der Waals surface area contributed by atoms with Gasteiger partial charge in [0, 0.05) is 42.5 Å². The molecule has 1 aliphatic carbocycles. The average Bonchev–Trinajstić information content (AvgIpc) is 3.65. The third kappa shape index (κ3) is 6.93. The molecule has 3 aliphatic rings. The molecule has 1 spiro atoms. The number of pyridine rings is 1. The van der Waals surface area contributed by atoms with E-state index in [0.717, 1.165) is 33.4 Å². The van der Waals surface area contributed by atoms with Crippen LogP contribution >= 0.6 is 0 Å². The molecule has 11 heteroatoms. The van der Waals surface area contributed by atoms with E-state index in [1.54, 1.807) is 23.2 Å². The quantitative estimate of drug-likeness (QED) is 0.176. The molecular weight excluding hydrogens is 656 g/mol. The van der Waals surface area contributed by atoms with Gasteiger partial charge in [0.25, 0.3) is 0 Å². The first-order valence-electron chi connectivity index (χ1n) is 17.8. The van der Waals surface area contributed by atoms with Gasteiger partial charge in [-0.15, -0.1) is 0 Å². The molecule has 11 nitrogen and oxygen atoms in total. The SMILES string of the molecule is CNCc1ccccc1CN(CC(=O)Nc1ccc2c(c1)C[C@@]1(C2)C(=O)Nc2ncccc21)C(=O)C1(C)CCN(Cc2ccc(C(=O)O)cc2)CC1. The highest BCUT2D eigenvalue weighted by molar-refractivity contribution is 6.06. The minimum Gasteiger partial charge on any atom is -0.478 e. The van der Waals surface area contributed by atoms with Crippen molar-refractivity contribution in [3.05, 3.63) is 124 Å². The van der Waals surface area contributed by atoms with E-state index in [2.05, 4.69) is 25.8 Å². The molecule has 1 atom stereocenters. The highest BCUT2D eigenvalue weighted by Crippen LogP contribution is 2.47. The number of amides is 3. The predicted octanol–water partition coefficient (Wildman–Crippen LogP) is 4.76. The lowest BCUT2D eigenvalue weighted by atomic mass is 9.78. The number of nitrogens with one attached hydrogen (secondary N) is 3. The van der Waals surface area contributed by atoms with Gasteiger partial charge >= 0.3 is 5.97 Å². The smallest absolute Gasteiger partial charge is 0.335 e. The lowest BCUT2D eigenvalue weighted by Crippen LogP contribution is -2.50. The number of rotatable bonds is 11. The Kier molecular flexibility index (Phi) is 9.65. The second kappa shape index (κ2) is 14.3. The van der Waals surface area contributed by atoms with E-state index in [0.29, 0.717) is 69.9 Å². The summed E-state index contributed by atoms with van der Waals surface area (Å²) in [5, 5.41) is 18.4. The topological polar surface area (TPSA) is 144 Å². The van der Waals surface area contributed by atoms with E-state index in [4.69, 9.17) is 0 Å². The number of anilines is 2. The molecule has 0 saturated carbocycles. The van der Waals surface area contributed by atoms with Gasteiger partial charge in [-0.05, 0) is 104 Å².